The Kier molecular flexibility index (Phi) is 4.63. The molecule has 19 heavy (non-hydrogen) atoms. The van der Waals surface area contributed by atoms with Crippen LogP contribution in [0.1, 0.15) is 36.3 Å². The summed E-state index contributed by atoms with van der Waals surface area (Å²) < 4.78 is 22.0. The van der Waals surface area contributed by atoms with Crippen molar-refractivity contribution in [3.63, 3.8) is 0 Å². The molecule has 4 heteroatoms. The van der Waals surface area contributed by atoms with Gasteiger partial charge in [0.05, 0.1) is 5.75 Å². The van der Waals surface area contributed by atoms with Crippen LogP contribution >= 0.6 is 0 Å². The van der Waals surface area contributed by atoms with E-state index in [4.69, 9.17) is 0 Å². The van der Waals surface area contributed by atoms with Crippen LogP contribution in [0.4, 0.5) is 0 Å². The normalized spacial score (nSPS) is 23.1. The summed E-state index contributed by atoms with van der Waals surface area (Å²) in [5.74, 6) is 0.959. The first kappa shape index (κ1) is 14.5. The first-order chi connectivity index (χ1) is 8.94. The molecule has 3 nitrogen and oxygen atoms in total. The molecule has 0 bridgehead atoms. The smallest absolute Gasteiger partial charge is 0.147 e. The fourth-order valence-corrected chi connectivity index (χ4v) is 3.29. The number of benzene rings is 1. The second-order valence-electron chi connectivity index (χ2n) is 5.72. The van der Waals surface area contributed by atoms with E-state index in [9.17, 15) is 8.42 Å². The predicted octanol–water partition coefficient (Wildman–Crippen LogP) is 2.27. The highest BCUT2D eigenvalue weighted by Crippen LogP contribution is 2.36. The van der Waals surface area contributed by atoms with Gasteiger partial charge in [0.15, 0.2) is 0 Å². The molecule has 1 aliphatic carbocycles. The summed E-state index contributed by atoms with van der Waals surface area (Å²) in [5, 5.41) is 3.44. The molecule has 1 fully saturated rings. The number of nitrogens with one attached hydrogen (secondary N) is 1. The zero-order valence-electron chi connectivity index (χ0n) is 11.7. The second kappa shape index (κ2) is 6.06. The number of sulfone groups is 1. The van der Waals surface area contributed by atoms with Crippen molar-refractivity contribution in [2.75, 3.05) is 18.6 Å². The van der Waals surface area contributed by atoms with E-state index in [0.29, 0.717) is 18.4 Å². The zero-order valence-corrected chi connectivity index (χ0v) is 12.5. The molecule has 0 amide bonds. The van der Waals surface area contributed by atoms with E-state index in [1.807, 2.05) is 0 Å². The van der Waals surface area contributed by atoms with Crippen molar-refractivity contribution in [3.05, 3.63) is 35.4 Å². The Labute approximate surface area is 116 Å². The van der Waals surface area contributed by atoms with Crippen molar-refractivity contribution < 1.29 is 8.42 Å². The topological polar surface area (TPSA) is 46.2 Å². The SMILES string of the molecule is Cc1cccc(C2CC(NCCCS(C)(=O)=O)C2)c1. The summed E-state index contributed by atoms with van der Waals surface area (Å²) in [4.78, 5) is 0. The lowest BCUT2D eigenvalue weighted by atomic mass is 9.75. The van der Waals surface area contributed by atoms with Crippen LogP contribution in [0, 0.1) is 6.92 Å². The highest BCUT2D eigenvalue weighted by Gasteiger charge is 2.29. The maximum atomic E-state index is 11.0. The molecule has 1 N–H and O–H groups in total. The third-order valence-electron chi connectivity index (χ3n) is 3.78. The Morgan fingerprint density at radius 1 is 1.32 bits per heavy atom. The van der Waals surface area contributed by atoms with Crippen molar-refractivity contribution in [1.29, 1.82) is 0 Å². The van der Waals surface area contributed by atoms with Gasteiger partial charge in [-0.3, -0.25) is 0 Å². The van der Waals surface area contributed by atoms with Crippen LogP contribution in [0.2, 0.25) is 0 Å². The van der Waals surface area contributed by atoms with Gasteiger partial charge in [0, 0.05) is 12.3 Å². The molecule has 1 saturated carbocycles. The van der Waals surface area contributed by atoms with Gasteiger partial charge in [-0.2, -0.15) is 0 Å². The van der Waals surface area contributed by atoms with E-state index in [-0.39, 0.29) is 5.75 Å². The molecule has 0 heterocycles. The standard InChI is InChI=1S/C15H23NO2S/c1-12-5-3-6-13(9-12)14-10-15(11-14)16-7-4-8-19(2,17)18/h3,5-6,9,14-16H,4,7-8,10-11H2,1-2H3. The van der Waals surface area contributed by atoms with Crippen LogP contribution in [0.25, 0.3) is 0 Å². The van der Waals surface area contributed by atoms with Gasteiger partial charge in [-0.15, -0.1) is 0 Å². The van der Waals surface area contributed by atoms with Gasteiger partial charge in [-0.05, 0) is 44.2 Å². The van der Waals surface area contributed by atoms with Crippen molar-refractivity contribution >= 4 is 9.84 Å². The molecule has 1 aromatic carbocycles. The van der Waals surface area contributed by atoms with Gasteiger partial charge < -0.3 is 5.32 Å². The van der Waals surface area contributed by atoms with E-state index in [2.05, 4.69) is 36.5 Å². The minimum atomic E-state index is -2.81. The summed E-state index contributed by atoms with van der Waals surface area (Å²) in [7, 11) is -2.81. The van der Waals surface area contributed by atoms with Gasteiger partial charge >= 0.3 is 0 Å². The first-order valence-corrected chi connectivity index (χ1v) is 8.98. The number of rotatable bonds is 6. The molecular weight excluding hydrogens is 258 g/mol. The zero-order chi connectivity index (χ0) is 13.9. The predicted molar refractivity (Wildman–Crippen MR) is 79.3 cm³/mol. The maximum Gasteiger partial charge on any atom is 0.147 e. The minimum absolute atomic E-state index is 0.286. The van der Waals surface area contributed by atoms with Crippen molar-refractivity contribution in [3.8, 4) is 0 Å². The molecule has 1 aromatic rings. The van der Waals surface area contributed by atoms with Crippen LogP contribution in [-0.4, -0.2) is 33.0 Å². The van der Waals surface area contributed by atoms with Gasteiger partial charge in [0.2, 0.25) is 0 Å². The second-order valence-corrected chi connectivity index (χ2v) is 7.98. The minimum Gasteiger partial charge on any atom is -0.314 e. The van der Waals surface area contributed by atoms with Crippen LogP contribution in [0.5, 0.6) is 0 Å². The third kappa shape index (κ3) is 4.62. The summed E-state index contributed by atoms with van der Waals surface area (Å²) in [6, 6.07) is 9.29. The molecule has 106 valence electrons. The van der Waals surface area contributed by atoms with E-state index >= 15 is 0 Å². The van der Waals surface area contributed by atoms with E-state index in [0.717, 1.165) is 6.54 Å². The Hall–Kier alpha value is -0.870. The fraction of sp³-hybridized carbons (Fsp3) is 0.600. The van der Waals surface area contributed by atoms with E-state index in [1.54, 1.807) is 0 Å². The molecule has 2 rings (SSSR count). The molecule has 0 aromatic heterocycles. The van der Waals surface area contributed by atoms with E-state index < -0.39 is 9.84 Å². The summed E-state index contributed by atoms with van der Waals surface area (Å²) in [6.07, 6.45) is 4.35. The van der Waals surface area contributed by atoms with Crippen LogP contribution in [-0.2, 0) is 9.84 Å². The summed E-state index contributed by atoms with van der Waals surface area (Å²) in [5.41, 5.74) is 2.76. The lowest BCUT2D eigenvalue weighted by molar-refractivity contribution is 0.292. The number of hydrogen-bond donors (Lipinski definition) is 1. The monoisotopic (exact) mass is 281 g/mol. The Balaban J connectivity index is 1.67. The third-order valence-corrected chi connectivity index (χ3v) is 4.81. The van der Waals surface area contributed by atoms with Gasteiger partial charge in [-0.1, -0.05) is 29.8 Å². The lowest BCUT2D eigenvalue weighted by Gasteiger charge is -2.36. The Morgan fingerprint density at radius 2 is 2.05 bits per heavy atom. The van der Waals surface area contributed by atoms with Gasteiger partial charge in [0.25, 0.3) is 0 Å². The number of aryl methyl sites for hydroxylation is 1. The molecule has 0 radical (unpaired) electrons. The van der Waals surface area contributed by atoms with Crippen LogP contribution in [0.3, 0.4) is 0 Å². The fourth-order valence-electron chi connectivity index (χ4n) is 2.62. The lowest BCUT2D eigenvalue weighted by Crippen LogP contribution is -2.40. The average Bonchev–Trinajstić information content (AvgIpc) is 2.24. The molecule has 0 atom stereocenters. The summed E-state index contributed by atoms with van der Waals surface area (Å²) in [6.45, 7) is 2.93. The van der Waals surface area contributed by atoms with Gasteiger partial charge in [-0.25, -0.2) is 8.42 Å². The highest BCUT2D eigenvalue weighted by atomic mass is 32.2. The van der Waals surface area contributed by atoms with Crippen LogP contribution in [0.15, 0.2) is 24.3 Å². The van der Waals surface area contributed by atoms with Crippen molar-refractivity contribution in [2.45, 2.75) is 38.1 Å². The molecule has 0 unspecified atom stereocenters. The van der Waals surface area contributed by atoms with Crippen molar-refractivity contribution in [2.24, 2.45) is 0 Å². The molecule has 1 aliphatic rings. The highest BCUT2D eigenvalue weighted by molar-refractivity contribution is 7.90. The molecule has 0 spiro atoms. The van der Waals surface area contributed by atoms with E-state index in [1.165, 1.54) is 30.2 Å². The molecule has 0 saturated heterocycles. The quantitative estimate of drug-likeness (QED) is 0.814. The Bertz CT molecular complexity index is 519. The van der Waals surface area contributed by atoms with Crippen molar-refractivity contribution in [1.82, 2.24) is 5.32 Å². The van der Waals surface area contributed by atoms with Gasteiger partial charge in [0.1, 0.15) is 9.84 Å². The maximum absolute atomic E-state index is 11.0. The first-order valence-electron chi connectivity index (χ1n) is 6.92. The average molecular weight is 281 g/mol. The number of hydrogen-bond acceptors (Lipinski definition) is 3. The Morgan fingerprint density at radius 3 is 2.68 bits per heavy atom. The largest absolute Gasteiger partial charge is 0.314 e. The molecular formula is C15H23NO2S. The molecule has 0 aliphatic heterocycles. The van der Waals surface area contributed by atoms with Crippen LogP contribution < -0.4 is 5.32 Å². The summed E-state index contributed by atoms with van der Waals surface area (Å²) >= 11 is 0.